The Hall–Kier alpha value is -2.36. The van der Waals surface area contributed by atoms with E-state index in [0.29, 0.717) is 42.3 Å². The van der Waals surface area contributed by atoms with Gasteiger partial charge in [0.1, 0.15) is 10.6 Å². The van der Waals surface area contributed by atoms with Crippen molar-refractivity contribution in [3.05, 3.63) is 50.6 Å². The number of hydrogen-bond donors (Lipinski definition) is 2. The molecule has 1 aromatic carbocycles. The Kier molecular flexibility index (Phi) is 7.95. The second kappa shape index (κ2) is 10.9. The first-order valence-electron chi connectivity index (χ1n) is 11.6. The maximum atomic E-state index is 12.8. The number of thiophene rings is 1. The molecule has 3 heterocycles. The van der Waals surface area contributed by atoms with E-state index in [2.05, 4.69) is 22.2 Å². The molecule has 0 fully saturated rings. The number of benzene rings is 1. The SMILES string of the molecule is CCCCOc1ccc(CNC(=O)CCSc2nc3sc4c(c3c(=O)[nH]2)CC(C)(C)OC4)cc1. The van der Waals surface area contributed by atoms with Crippen molar-refractivity contribution in [1.82, 2.24) is 15.3 Å². The lowest BCUT2D eigenvalue weighted by molar-refractivity contribution is -0.120. The number of nitrogens with zero attached hydrogens (tertiary/aromatic N) is 1. The molecule has 4 rings (SSSR count). The summed E-state index contributed by atoms with van der Waals surface area (Å²) in [5.74, 6) is 1.34. The maximum Gasteiger partial charge on any atom is 0.260 e. The number of aromatic nitrogens is 2. The van der Waals surface area contributed by atoms with Crippen LogP contribution in [0.15, 0.2) is 34.2 Å². The third kappa shape index (κ3) is 6.20. The zero-order chi connectivity index (χ0) is 24.1. The maximum absolute atomic E-state index is 12.8. The van der Waals surface area contributed by atoms with Crippen LogP contribution in [0.5, 0.6) is 5.75 Å². The number of ether oxygens (including phenoxy) is 2. The standard InChI is InChI=1S/C25H31N3O4S2/c1-4-5-11-31-17-8-6-16(7-9-17)14-26-20(29)10-12-33-24-27-22(30)21-18-13-25(2,3)32-15-19(18)34-23(21)28-24/h6-9H,4-5,10-15H2,1-3H3,(H,26,29)(H,27,28,30). The predicted molar refractivity (Wildman–Crippen MR) is 137 cm³/mol. The highest BCUT2D eigenvalue weighted by atomic mass is 32.2. The Bertz CT molecular complexity index is 1200. The fraction of sp³-hybridized carbons (Fsp3) is 0.480. The van der Waals surface area contributed by atoms with Gasteiger partial charge in [-0.15, -0.1) is 11.3 Å². The molecular formula is C25H31N3O4S2. The Morgan fingerprint density at radius 2 is 2.12 bits per heavy atom. The van der Waals surface area contributed by atoms with Gasteiger partial charge < -0.3 is 19.8 Å². The summed E-state index contributed by atoms with van der Waals surface area (Å²) in [5.41, 5.74) is 1.68. The van der Waals surface area contributed by atoms with Gasteiger partial charge in [-0.25, -0.2) is 4.98 Å². The van der Waals surface area contributed by atoms with Gasteiger partial charge in [-0.1, -0.05) is 37.2 Å². The monoisotopic (exact) mass is 501 g/mol. The van der Waals surface area contributed by atoms with E-state index in [-0.39, 0.29) is 17.1 Å². The Morgan fingerprint density at radius 1 is 1.32 bits per heavy atom. The number of fused-ring (bicyclic) bond motifs is 3. The summed E-state index contributed by atoms with van der Waals surface area (Å²) in [6.07, 6.45) is 3.19. The summed E-state index contributed by atoms with van der Waals surface area (Å²) < 4.78 is 11.5. The van der Waals surface area contributed by atoms with Gasteiger partial charge in [0.15, 0.2) is 5.16 Å². The van der Waals surface area contributed by atoms with Gasteiger partial charge in [-0.05, 0) is 43.5 Å². The highest BCUT2D eigenvalue weighted by Crippen LogP contribution is 2.37. The number of carbonyl (C=O) groups is 1. The smallest absolute Gasteiger partial charge is 0.260 e. The van der Waals surface area contributed by atoms with Crippen LogP contribution in [0.4, 0.5) is 0 Å². The van der Waals surface area contributed by atoms with Gasteiger partial charge in [-0.2, -0.15) is 0 Å². The molecule has 9 heteroatoms. The molecule has 2 aromatic heterocycles. The second-order valence-corrected chi connectivity index (χ2v) is 11.2. The van der Waals surface area contributed by atoms with E-state index in [9.17, 15) is 9.59 Å². The topological polar surface area (TPSA) is 93.3 Å². The van der Waals surface area contributed by atoms with Crippen molar-refractivity contribution in [2.24, 2.45) is 0 Å². The number of amides is 1. The number of rotatable bonds is 10. The van der Waals surface area contributed by atoms with Crippen LogP contribution in [0.3, 0.4) is 0 Å². The molecule has 0 spiro atoms. The Morgan fingerprint density at radius 3 is 2.88 bits per heavy atom. The molecule has 1 amide bonds. The van der Waals surface area contributed by atoms with E-state index in [1.54, 1.807) is 0 Å². The number of hydrogen-bond acceptors (Lipinski definition) is 7. The number of nitrogens with one attached hydrogen (secondary N) is 2. The van der Waals surface area contributed by atoms with Crippen molar-refractivity contribution in [1.29, 1.82) is 0 Å². The van der Waals surface area contributed by atoms with E-state index < -0.39 is 0 Å². The number of unbranched alkanes of at least 4 members (excludes halogenated alkanes) is 1. The van der Waals surface area contributed by atoms with Crippen LogP contribution >= 0.6 is 23.1 Å². The van der Waals surface area contributed by atoms with Crippen LogP contribution in [0, 0.1) is 0 Å². The van der Waals surface area contributed by atoms with Crippen molar-refractivity contribution < 1.29 is 14.3 Å². The molecule has 7 nitrogen and oxygen atoms in total. The van der Waals surface area contributed by atoms with Crippen LogP contribution in [0.1, 0.15) is 56.0 Å². The summed E-state index contributed by atoms with van der Waals surface area (Å²) in [6.45, 7) is 7.91. The predicted octanol–water partition coefficient (Wildman–Crippen LogP) is 4.81. The van der Waals surface area contributed by atoms with E-state index in [1.807, 2.05) is 38.1 Å². The number of H-pyrrole nitrogens is 1. The van der Waals surface area contributed by atoms with Crippen LogP contribution in [-0.4, -0.2) is 33.8 Å². The van der Waals surface area contributed by atoms with E-state index in [1.165, 1.54) is 23.1 Å². The minimum Gasteiger partial charge on any atom is -0.494 e. The summed E-state index contributed by atoms with van der Waals surface area (Å²) in [7, 11) is 0. The molecule has 1 aliphatic rings. The van der Waals surface area contributed by atoms with E-state index >= 15 is 0 Å². The minimum absolute atomic E-state index is 0.0369. The molecule has 34 heavy (non-hydrogen) atoms. The van der Waals surface area contributed by atoms with Crippen molar-refractivity contribution in [2.45, 2.75) is 70.4 Å². The number of carbonyl (C=O) groups excluding carboxylic acids is 1. The lowest BCUT2D eigenvalue weighted by Gasteiger charge is -2.29. The van der Waals surface area contributed by atoms with Gasteiger partial charge in [0.2, 0.25) is 5.91 Å². The molecule has 0 saturated heterocycles. The normalized spacial score (nSPS) is 14.7. The molecule has 182 valence electrons. The summed E-state index contributed by atoms with van der Waals surface area (Å²) in [6, 6.07) is 7.79. The zero-order valence-corrected chi connectivity index (χ0v) is 21.5. The van der Waals surface area contributed by atoms with Gasteiger partial charge in [0, 0.05) is 30.0 Å². The molecule has 0 atom stereocenters. The van der Waals surface area contributed by atoms with Crippen LogP contribution in [0.2, 0.25) is 0 Å². The molecule has 1 aliphatic heterocycles. The number of aromatic amines is 1. The lowest BCUT2D eigenvalue weighted by Crippen LogP contribution is -2.31. The summed E-state index contributed by atoms with van der Waals surface area (Å²) in [4.78, 5) is 34.4. The van der Waals surface area contributed by atoms with E-state index in [0.717, 1.165) is 46.0 Å². The third-order valence-electron chi connectivity index (χ3n) is 5.67. The van der Waals surface area contributed by atoms with Gasteiger partial charge in [-0.3, -0.25) is 9.59 Å². The van der Waals surface area contributed by atoms with Gasteiger partial charge in [0.05, 0.1) is 24.2 Å². The molecule has 0 saturated carbocycles. The first kappa shape index (κ1) is 24.8. The third-order valence-corrected chi connectivity index (χ3v) is 7.64. The van der Waals surface area contributed by atoms with Crippen molar-refractivity contribution in [3.63, 3.8) is 0 Å². The quantitative estimate of drug-likeness (QED) is 0.235. The fourth-order valence-electron chi connectivity index (χ4n) is 3.77. The molecule has 0 unspecified atom stereocenters. The summed E-state index contributed by atoms with van der Waals surface area (Å²) >= 11 is 2.91. The first-order chi connectivity index (χ1) is 16.3. The lowest BCUT2D eigenvalue weighted by atomic mass is 9.94. The summed E-state index contributed by atoms with van der Waals surface area (Å²) in [5, 5.41) is 4.17. The molecule has 0 aliphatic carbocycles. The molecule has 2 N–H and O–H groups in total. The molecule has 3 aromatic rings. The highest BCUT2D eigenvalue weighted by Gasteiger charge is 2.30. The average Bonchev–Trinajstić information content (AvgIpc) is 3.15. The van der Waals surface area contributed by atoms with Crippen LogP contribution in [-0.2, 0) is 29.1 Å². The Labute approximate surface area is 207 Å². The molecule has 0 bridgehead atoms. The zero-order valence-electron chi connectivity index (χ0n) is 19.9. The average molecular weight is 502 g/mol. The van der Waals surface area contributed by atoms with E-state index in [4.69, 9.17) is 9.47 Å². The largest absolute Gasteiger partial charge is 0.494 e. The molecule has 0 radical (unpaired) electrons. The second-order valence-electron chi connectivity index (χ2n) is 9.00. The first-order valence-corrected chi connectivity index (χ1v) is 13.4. The van der Waals surface area contributed by atoms with Crippen molar-refractivity contribution in [2.75, 3.05) is 12.4 Å². The highest BCUT2D eigenvalue weighted by molar-refractivity contribution is 7.99. The molecular weight excluding hydrogens is 470 g/mol. The van der Waals surface area contributed by atoms with Gasteiger partial charge >= 0.3 is 0 Å². The van der Waals surface area contributed by atoms with Crippen LogP contribution in [0.25, 0.3) is 10.2 Å². The Balaban J connectivity index is 1.27. The fourth-order valence-corrected chi connectivity index (χ4v) is 5.73. The minimum atomic E-state index is -0.279. The van der Waals surface area contributed by atoms with Crippen molar-refractivity contribution >= 4 is 39.2 Å². The van der Waals surface area contributed by atoms with Crippen LogP contribution < -0.4 is 15.6 Å². The van der Waals surface area contributed by atoms with Gasteiger partial charge in [0.25, 0.3) is 5.56 Å². The number of thioether (sulfide) groups is 1. The van der Waals surface area contributed by atoms with Crippen molar-refractivity contribution in [3.8, 4) is 5.75 Å².